The molecule has 5 heteroatoms. The minimum absolute atomic E-state index is 0.109. The number of ether oxygens (including phenoxy) is 1. The molecule has 0 bridgehead atoms. The molecule has 2 unspecified atom stereocenters. The second kappa shape index (κ2) is 14.2. The van der Waals surface area contributed by atoms with Crippen molar-refractivity contribution in [2.45, 2.75) is 83.8 Å². The van der Waals surface area contributed by atoms with Crippen LogP contribution in [0.4, 0.5) is 0 Å². The number of carbonyl (C=O) groups is 3. The third kappa shape index (κ3) is 10.5. The maximum Gasteiger partial charge on any atom is 0.187 e. The Bertz CT molecular complexity index is 572. The quantitative estimate of drug-likeness (QED) is 0.183. The fourth-order valence-electron chi connectivity index (χ4n) is 2.34. The van der Waals surface area contributed by atoms with Crippen molar-refractivity contribution < 1.29 is 24.2 Å². The Morgan fingerprint density at radius 1 is 0.964 bits per heavy atom. The van der Waals surface area contributed by atoms with Crippen molar-refractivity contribution in [1.29, 1.82) is 0 Å². The molecule has 0 radical (unpaired) electrons. The van der Waals surface area contributed by atoms with Gasteiger partial charge in [-0.3, -0.25) is 14.4 Å². The van der Waals surface area contributed by atoms with Gasteiger partial charge < -0.3 is 9.84 Å². The van der Waals surface area contributed by atoms with Gasteiger partial charge in [-0.15, -0.1) is 0 Å². The first kappa shape index (κ1) is 26.1. The molecule has 0 heterocycles. The highest BCUT2D eigenvalue weighted by Gasteiger charge is 2.29. The Morgan fingerprint density at radius 3 is 2.14 bits per heavy atom. The maximum absolute atomic E-state index is 12.0. The van der Waals surface area contributed by atoms with Crippen LogP contribution in [0.1, 0.15) is 72.6 Å². The fraction of sp³-hybridized carbons (Fsp3) is 0.609. The van der Waals surface area contributed by atoms with Crippen LogP contribution in [0.15, 0.2) is 36.5 Å². The van der Waals surface area contributed by atoms with Crippen LogP contribution in [0.2, 0.25) is 0 Å². The van der Waals surface area contributed by atoms with E-state index in [-0.39, 0.29) is 11.6 Å². The number of allylic oxidation sites excluding steroid dienone is 4. The smallest absolute Gasteiger partial charge is 0.187 e. The van der Waals surface area contributed by atoms with Crippen molar-refractivity contribution in [3.05, 3.63) is 36.5 Å². The largest absolute Gasteiger partial charge is 0.382 e. The van der Waals surface area contributed by atoms with Gasteiger partial charge in [-0.2, -0.15) is 0 Å². The summed E-state index contributed by atoms with van der Waals surface area (Å²) in [6, 6.07) is 0. The van der Waals surface area contributed by atoms with E-state index in [4.69, 9.17) is 4.74 Å². The van der Waals surface area contributed by atoms with Crippen molar-refractivity contribution in [2.24, 2.45) is 0 Å². The Balaban J connectivity index is 3.99. The fourth-order valence-corrected chi connectivity index (χ4v) is 2.34. The van der Waals surface area contributed by atoms with Crippen LogP contribution in [0.5, 0.6) is 0 Å². The van der Waals surface area contributed by atoms with Gasteiger partial charge in [0.05, 0.1) is 6.61 Å². The van der Waals surface area contributed by atoms with E-state index in [1.165, 1.54) is 12.2 Å². The Morgan fingerprint density at radius 2 is 1.57 bits per heavy atom. The molecule has 0 fully saturated rings. The van der Waals surface area contributed by atoms with Gasteiger partial charge in [-0.1, -0.05) is 38.2 Å². The zero-order valence-electron chi connectivity index (χ0n) is 17.8. The van der Waals surface area contributed by atoms with Crippen LogP contribution < -0.4 is 0 Å². The molecule has 28 heavy (non-hydrogen) atoms. The first-order valence-corrected chi connectivity index (χ1v) is 10.1. The van der Waals surface area contributed by atoms with Gasteiger partial charge in [0.15, 0.2) is 11.6 Å². The number of rotatable bonds is 16. The van der Waals surface area contributed by atoms with Gasteiger partial charge in [-0.05, 0) is 64.5 Å². The molecule has 5 nitrogen and oxygen atoms in total. The predicted molar refractivity (Wildman–Crippen MR) is 112 cm³/mol. The van der Waals surface area contributed by atoms with Gasteiger partial charge in [0.25, 0.3) is 0 Å². The number of Topliss-reactive ketones (excluding diaryl/α,β-unsaturated/α-hetero) is 1. The monoisotopic (exact) mass is 392 g/mol. The number of aliphatic hydroxyl groups is 1. The van der Waals surface area contributed by atoms with E-state index in [0.717, 1.165) is 19.3 Å². The number of hydrogen-bond donors (Lipinski definition) is 1. The highest BCUT2D eigenvalue weighted by molar-refractivity contribution is 5.98. The lowest BCUT2D eigenvalue weighted by molar-refractivity contribution is -0.136. The summed E-state index contributed by atoms with van der Waals surface area (Å²) in [5.41, 5.74) is -2.11. The predicted octanol–water partition coefficient (Wildman–Crippen LogP) is 4.29. The molecular formula is C23H36O5. The zero-order chi connectivity index (χ0) is 21.5. The lowest BCUT2D eigenvalue weighted by atomic mass is 9.94. The standard InChI is InChI=1S/C23H36O5/c1-5-22(3,27)20(25)16-13-11-9-7-8-10-12-14-19-28-23(4,6-2)21(26)17-15-18-24/h9,11-12,14-15,17-18,27H,5-8,10,13,16,19H2,1-4H3/b11-9+,14-12+,17-15?. The third-order valence-electron chi connectivity index (χ3n) is 4.92. The Kier molecular flexibility index (Phi) is 13.3. The van der Waals surface area contributed by atoms with E-state index >= 15 is 0 Å². The minimum atomic E-state index is -1.20. The van der Waals surface area contributed by atoms with E-state index < -0.39 is 11.2 Å². The summed E-state index contributed by atoms with van der Waals surface area (Å²) in [7, 11) is 0. The molecule has 1 N–H and O–H groups in total. The lowest BCUT2D eigenvalue weighted by Gasteiger charge is -2.25. The third-order valence-corrected chi connectivity index (χ3v) is 4.92. The molecular weight excluding hydrogens is 356 g/mol. The van der Waals surface area contributed by atoms with Crippen LogP contribution in [0, 0.1) is 0 Å². The molecule has 0 spiro atoms. The lowest BCUT2D eigenvalue weighted by Crippen LogP contribution is -2.36. The summed E-state index contributed by atoms with van der Waals surface area (Å²) in [4.78, 5) is 34.1. The number of ketones is 2. The van der Waals surface area contributed by atoms with Gasteiger partial charge in [0, 0.05) is 6.42 Å². The van der Waals surface area contributed by atoms with Gasteiger partial charge in [0.2, 0.25) is 0 Å². The van der Waals surface area contributed by atoms with E-state index in [9.17, 15) is 19.5 Å². The Labute approximate surface area is 169 Å². The Hall–Kier alpha value is -1.85. The maximum atomic E-state index is 12.0. The number of carbonyl (C=O) groups excluding carboxylic acids is 3. The van der Waals surface area contributed by atoms with Crippen molar-refractivity contribution in [2.75, 3.05) is 6.61 Å². The zero-order valence-corrected chi connectivity index (χ0v) is 17.8. The van der Waals surface area contributed by atoms with Crippen LogP contribution >= 0.6 is 0 Å². The van der Waals surface area contributed by atoms with Gasteiger partial charge >= 0.3 is 0 Å². The van der Waals surface area contributed by atoms with Crippen molar-refractivity contribution in [1.82, 2.24) is 0 Å². The molecule has 0 amide bonds. The summed E-state index contributed by atoms with van der Waals surface area (Å²) in [6.07, 6.45) is 15.8. The summed E-state index contributed by atoms with van der Waals surface area (Å²) in [5.74, 6) is -0.318. The average Bonchev–Trinajstić information content (AvgIpc) is 2.69. The molecule has 0 aliphatic heterocycles. The number of hydrogen-bond acceptors (Lipinski definition) is 5. The van der Waals surface area contributed by atoms with Crippen molar-refractivity contribution in [3.8, 4) is 0 Å². The van der Waals surface area contributed by atoms with Crippen LogP contribution in [-0.2, 0) is 19.1 Å². The summed E-state index contributed by atoms with van der Waals surface area (Å²) in [6.45, 7) is 7.32. The molecule has 0 rings (SSSR count). The molecule has 0 aromatic carbocycles. The topological polar surface area (TPSA) is 80.7 Å². The number of unbranched alkanes of at least 4 members (excludes halogenated alkanes) is 2. The van der Waals surface area contributed by atoms with Crippen LogP contribution in [0.25, 0.3) is 0 Å². The highest BCUT2D eigenvalue weighted by Crippen LogP contribution is 2.17. The minimum Gasteiger partial charge on any atom is -0.382 e. The SMILES string of the molecule is CCC(C)(O)C(=O)CC/C=C/CCC/C=C/COC(C)(CC)C(=O)C=CC=O. The molecule has 0 aliphatic carbocycles. The second-order valence-electron chi connectivity index (χ2n) is 7.22. The average molecular weight is 393 g/mol. The summed E-state index contributed by atoms with van der Waals surface area (Å²) in [5, 5.41) is 9.84. The molecule has 0 aromatic heterocycles. The highest BCUT2D eigenvalue weighted by atomic mass is 16.5. The molecule has 158 valence electrons. The van der Waals surface area contributed by atoms with Crippen LogP contribution in [0.3, 0.4) is 0 Å². The van der Waals surface area contributed by atoms with Gasteiger partial charge in [0.1, 0.15) is 17.5 Å². The first-order chi connectivity index (χ1) is 13.2. The molecule has 2 atom stereocenters. The van der Waals surface area contributed by atoms with Crippen molar-refractivity contribution in [3.63, 3.8) is 0 Å². The molecule has 0 aromatic rings. The number of aldehydes is 1. The molecule has 0 saturated carbocycles. The van der Waals surface area contributed by atoms with E-state index in [2.05, 4.69) is 6.08 Å². The first-order valence-electron chi connectivity index (χ1n) is 10.1. The van der Waals surface area contributed by atoms with E-state index in [1.807, 2.05) is 25.2 Å². The van der Waals surface area contributed by atoms with Gasteiger partial charge in [-0.25, -0.2) is 0 Å². The van der Waals surface area contributed by atoms with E-state index in [0.29, 0.717) is 38.6 Å². The van der Waals surface area contributed by atoms with Crippen LogP contribution in [-0.4, -0.2) is 40.8 Å². The molecule has 0 aliphatic rings. The summed E-state index contributed by atoms with van der Waals surface area (Å²) < 4.78 is 5.69. The van der Waals surface area contributed by atoms with E-state index in [1.54, 1.807) is 20.8 Å². The summed E-state index contributed by atoms with van der Waals surface area (Å²) >= 11 is 0. The molecule has 0 saturated heterocycles. The van der Waals surface area contributed by atoms with Crippen molar-refractivity contribution >= 4 is 17.9 Å². The normalized spacial score (nSPS) is 16.5. The second-order valence-corrected chi connectivity index (χ2v) is 7.22.